The highest BCUT2D eigenvalue weighted by atomic mass is 19.4. The van der Waals surface area contributed by atoms with E-state index in [9.17, 15) is 22.4 Å². The second-order valence-electron chi connectivity index (χ2n) is 6.38. The Morgan fingerprint density at radius 3 is 2.55 bits per heavy atom. The number of hydrogen-bond acceptors (Lipinski definition) is 5. The molecule has 0 aliphatic heterocycles. The average Bonchev–Trinajstić information content (AvgIpc) is 2.73. The van der Waals surface area contributed by atoms with Gasteiger partial charge in [0, 0.05) is 36.1 Å². The van der Waals surface area contributed by atoms with Gasteiger partial charge >= 0.3 is 6.18 Å². The molecule has 31 heavy (non-hydrogen) atoms. The van der Waals surface area contributed by atoms with Gasteiger partial charge in [-0.2, -0.15) is 13.2 Å². The van der Waals surface area contributed by atoms with Gasteiger partial charge < -0.3 is 14.8 Å². The third-order valence-electron chi connectivity index (χ3n) is 4.25. The second kappa shape index (κ2) is 9.09. The lowest BCUT2D eigenvalue weighted by Gasteiger charge is -2.15. The van der Waals surface area contributed by atoms with Crippen molar-refractivity contribution in [2.75, 3.05) is 19.5 Å². The molecule has 0 unspecified atom stereocenters. The zero-order valence-electron chi connectivity index (χ0n) is 16.5. The molecule has 0 aliphatic rings. The van der Waals surface area contributed by atoms with Crippen LogP contribution in [0.15, 0.2) is 48.8 Å². The van der Waals surface area contributed by atoms with Gasteiger partial charge in [-0.25, -0.2) is 9.37 Å². The average molecular weight is 435 g/mol. The van der Waals surface area contributed by atoms with E-state index in [-0.39, 0.29) is 29.3 Å². The van der Waals surface area contributed by atoms with Crippen LogP contribution >= 0.6 is 0 Å². The van der Waals surface area contributed by atoms with E-state index in [1.807, 2.05) is 0 Å². The van der Waals surface area contributed by atoms with Crippen LogP contribution in [0.3, 0.4) is 0 Å². The number of pyridine rings is 2. The normalized spacial score (nSPS) is 11.3. The summed E-state index contributed by atoms with van der Waals surface area (Å²) in [5.41, 5.74) is -0.394. The van der Waals surface area contributed by atoms with E-state index < -0.39 is 23.6 Å². The molecule has 0 bridgehead atoms. The van der Waals surface area contributed by atoms with E-state index in [0.717, 1.165) is 0 Å². The van der Waals surface area contributed by atoms with Crippen molar-refractivity contribution in [3.8, 4) is 16.9 Å². The number of aromatic nitrogens is 2. The summed E-state index contributed by atoms with van der Waals surface area (Å²) in [5.74, 6) is -1.10. The van der Waals surface area contributed by atoms with Crippen molar-refractivity contribution < 1.29 is 31.8 Å². The highest BCUT2D eigenvalue weighted by Gasteiger charge is 2.34. The van der Waals surface area contributed by atoms with E-state index in [4.69, 9.17) is 9.47 Å². The molecule has 0 saturated heterocycles. The molecular formula is C21H17F4N3O3. The molecule has 1 amide bonds. The van der Waals surface area contributed by atoms with Gasteiger partial charge in [0.2, 0.25) is 0 Å². The number of rotatable bonds is 6. The molecule has 0 saturated carbocycles. The Morgan fingerprint density at radius 2 is 1.87 bits per heavy atom. The van der Waals surface area contributed by atoms with Crippen molar-refractivity contribution in [3.05, 3.63) is 71.6 Å². The van der Waals surface area contributed by atoms with Gasteiger partial charge in [-0.05, 0) is 30.3 Å². The first-order valence-electron chi connectivity index (χ1n) is 8.89. The fourth-order valence-corrected chi connectivity index (χ4v) is 2.90. The van der Waals surface area contributed by atoms with Crippen LogP contribution in [0.1, 0.15) is 21.7 Å². The zero-order chi connectivity index (χ0) is 22.6. The highest BCUT2D eigenvalue weighted by Crippen LogP contribution is 2.35. The van der Waals surface area contributed by atoms with Crippen LogP contribution in [-0.4, -0.2) is 30.1 Å². The van der Waals surface area contributed by atoms with Crippen LogP contribution in [0.4, 0.5) is 23.2 Å². The van der Waals surface area contributed by atoms with Gasteiger partial charge in [0.25, 0.3) is 5.91 Å². The van der Waals surface area contributed by atoms with E-state index in [1.165, 1.54) is 50.9 Å². The molecule has 3 rings (SSSR count). The summed E-state index contributed by atoms with van der Waals surface area (Å²) in [6, 6.07) is 7.29. The summed E-state index contributed by atoms with van der Waals surface area (Å²) in [7, 11) is 2.67. The molecule has 3 aromatic rings. The van der Waals surface area contributed by atoms with Crippen LogP contribution in [0.5, 0.6) is 5.75 Å². The zero-order valence-corrected chi connectivity index (χ0v) is 16.5. The highest BCUT2D eigenvalue weighted by molar-refractivity contribution is 6.06. The van der Waals surface area contributed by atoms with Gasteiger partial charge in [0.05, 0.1) is 31.3 Å². The Bertz CT molecular complexity index is 1100. The van der Waals surface area contributed by atoms with Gasteiger partial charge in [0.1, 0.15) is 17.3 Å². The predicted octanol–water partition coefficient (Wildman–Crippen LogP) is 4.71. The van der Waals surface area contributed by atoms with Crippen molar-refractivity contribution in [1.82, 2.24) is 9.97 Å². The quantitative estimate of drug-likeness (QED) is 0.568. The first-order chi connectivity index (χ1) is 14.7. The van der Waals surface area contributed by atoms with Crippen LogP contribution in [0.2, 0.25) is 0 Å². The number of amides is 1. The van der Waals surface area contributed by atoms with E-state index in [2.05, 4.69) is 15.3 Å². The van der Waals surface area contributed by atoms with Crippen molar-refractivity contribution in [2.24, 2.45) is 0 Å². The van der Waals surface area contributed by atoms with Crippen LogP contribution in [-0.2, 0) is 17.5 Å². The molecule has 0 radical (unpaired) electrons. The Labute approximate surface area is 174 Å². The topological polar surface area (TPSA) is 73.3 Å². The summed E-state index contributed by atoms with van der Waals surface area (Å²) in [4.78, 5) is 20.2. The van der Waals surface area contributed by atoms with E-state index in [1.54, 1.807) is 6.07 Å². The lowest BCUT2D eigenvalue weighted by Crippen LogP contribution is -2.17. The number of ether oxygens (including phenoxy) is 2. The molecule has 6 nitrogen and oxygen atoms in total. The molecule has 0 spiro atoms. The maximum atomic E-state index is 13.5. The minimum atomic E-state index is -4.74. The number of carbonyl (C=O) groups excluding carboxylic acids is 1. The number of nitrogens with one attached hydrogen (secondary N) is 1. The van der Waals surface area contributed by atoms with Gasteiger partial charge in [-0.3, -0.25) is 9.78 Å². The number of nitrogens with zero attached hydrogens (tertiary/aromatic N) is 2. The number of halogens is 4. The summed E-state index contributed by atoms with van der Waals surface area (Å²) >= 11 is 0. The third-order valence-corrected chi connectivity index (χ3v) is 4.25. The SMILES string of the molecule is COCc1cc(C(=O)Nc2cnccc2-c2ccc(F)cc2OC)cc(C(F)(F)F)n1. The maximum Gasteiger partial charge on any atom is 0.433 e. The minimum absolute atomic E-state index is 0.0471. The van der Waals surface area contributed by atoms with E-state index >= 15 is 0 Å². The largest absolute Gasteiger partial charge is 0.496 e. The fourth-order valence-electron chi connectivity index (χ4n) is 2.90. The molecule has 2 heterocycles. The first kappa shape index (κ1) is 22.2. The smallest absolute Gasteiger partial charge is 0.433 e. The Balaban J connectivity index is 2.00. The minimum Gasteiger partial charge on any atom is -0.496 e. The van der Waals surface area contributed by atoms with Crippen molar-refractivity contribution in [1.29, 1.82) is 0 Å². The van der Waals surface area contributed by atoms with Crippen molar-refractivity contribution in [3.63, 3.8) is 0 Å². The molecular weight excluding hydrogens is 418 g/mol. The number of hydrogen-bond donors (Lipinski definition) is 1. The number of alkyl halides is 3. The summed E-state index contributed by atoms with van der Waals surface area (Å²) in [5, 5.41) is 2.55. The Kier molecular flexibility index (Phi) is 6.50. The molecule has 1 aromatic carbocycles. The first-order valence-corrected chi connectivity index (χ1v) is 8.89. The summed E-state index contributed by atoms with van der Waals surface area (Å²) in [6.45, 7) is -0.199. The summed E-state index contributed by atoms with van der Waals surface area (Å²) < 4.78 is 63.2. The standard InChI is InChI=1S/C21H17F4N3O3/c1-30-11-14-7-12(8-19(27-14)21(23,24)25)20(29)28-17-10-26-6-5-15(17)16-4-3-13(22)9-18(16)31-2/h3-10H,11H2,1-2H3,(H,28,29). The Morgan fingerprint density at radius 1 is 1.10 bits per heavy atom. The van der Waals surface area contributed by atoms with Crippen LogP contribution in [0.25, 0.3) is 11.1 Å². The van der Waals surface area contributed by atoms with Gasteiger partial charge in [-0.1, -0.05) is 0 Å². The molecule has 0 fully saturated rings. The lowest BCUT2D eigenvalue weighted by atomic mass is 10.0. The van der Waals surface area contributed by atoms with Gasteiger partial charge in [-0.15, -0.1) is 0 Å². The molecule has 10 heteroatoms. The number of anilines is 1. The van der Waals surface area contributed by atoms with Crippen LogP contribution < -0.4 is 10.1 Å². The second-order valence-corrected chi connectivity index (χ2v) is 6.38. The molecule has 2 aromatic heterocycles. The van der Waals surface area contributed by atoms with Crippen LogP contribution in [0, 0.1) is 5.82 Å². The van der Waals surface area contributed by atoms with E-state index in [0.29, 0.717) is 17.2 Å². The fraction of sp³-hybridized carbons (Fsp3) is 0.190. The number of benzene rings is 1. The summed E-state index contributed by atoms with van der Waals surface area (Å²) in [6.07, 6.45) is -1.95. The molecule has 1 N–H and O–H groups in total. The van der Waals surface area contributed by atoms with Crippen molar-refractivity contribution >= 4 is 11.6 Å². The molecule has 0 aliphatic carbocycles. The third kappa shape index (κ3) is 5.15. The molecule has 0 atom stereocenters. The van der Waals surface area contributed by atoms with Gasteiger partial charge in [0.15, 0.2) is 0 Å². The lowest BCUT2D eigenvalue weighted by molar-refractivity contribution is -0.141. The van der Waals surface area contributed by atoms with Crippen molar-refractivity contribution in [2.45, 2.75) is 12.8 Å². The maximum absolute atomic E-state index is 13.5. The number of carbonyl (C=O) groups is 1. The Hall–Kier alpha value is -3.53. The number of methoxy groups -OCH3 is 2. The molecule has 162 valence electrons. The monoisotopic (exact) mass is 435 g/mol. The predicted molar refractivity (Wildman–Crippen MR) is 104 cm³/mol.